The van der Waals surface area contributed by atoms with Gasteiger partial charge in [-0.3, -0.25) is 14.5 Å². The summed E-state index contributed by atoms with van der Waals surface area (Å²) < 4.78 is 1.74. The van der Waals surface area contributed by atoms with Gasteiger partial charge < -0.3 is 4.90 Å². The minimum absolute atomic E-state index is 0.0342. The molecule has 1 unspecified atom stereocenters. The van der Waals surface area contributed by atoms with E-state index < -0.39 is 0 Å². The molecule has 0 bridgehead atoms. The molecule has 6 nitrogen and oxygen atoms in total. The number of likely N-dealkylation sites (tertiary alicyclic amines) is 1. The van der Waals surface area contributed by atoms with Crippen LogP contribution in [0.2, 0.25) is 0 Å². The fourth-order valence-electron chi connectivity index (χ4n) is 3.53. The molecule has 1 atom stereocenters. The van der Waals surface area contributed by atoms with Crippen molar-refractivity contribution < 1.29 is 4.79 Å². The molecule has 3 aromatic heterocycles. The maximum Gasteiger partial charge on any atom is 0.255 e. The molecule has 24 heavy (non-hydrogen) atoms. The number of pyridine rings is 2. The van der Waals surface area contributed by atoms with Crippen LogP contribution in [0.1, 0.15) is 40.5 Å². The van der Waals surface area contributed by atoms with Gasteiger partial charge in [0.2, 0.25) is 0 Å². The Hall–Kier alpha value is -2.76. The Kier molecular flexibility index (Phi) is 3.52. The van der Waals surface area contributed by atoms with Crippen LogP contribution in [-0.2, 0) is 7.05 Å². The number of nitrogens with zero attached hydrogens (tertiary/aromatic N) is 5. The van der Waals surface area contributed by atoms with E-state index in [0.717, 1.165) is 41.7 Å². The van der Waals surface area contributed by atoms with Crippen molar-refractivity contribution in [3.05, 3.63) is 53.6 Å². The van der Waals surface area contributed by atoms with E-state index in [1.165, 1.54) is 0 Å². The highest BCUT2D eigenvalue weighted by molar-refractivity contribution is 5.97. The van der Waals surface area contributed by atoms with Crippen LogP contribution in [0.3, 0.4) is 0 Å². The van der Waals surface area contributed by atoms with Crippen molar-refractivity contribution >= 4 is 16.9 Å². The maximum atomic E-state index is 13.0. The predicted octanol–water partition coefficient (Wildman–Crippen LogP) is 2.65. The fraction of sp³-hybridized carbons (Fsp3) is 0.333. The first-order chi connectivity index (χ1) is 11.6. The maximum absolute atomic E-state index is 13.0. The molecule has 122 valence electrons. The Morgan fingerprint density at radius 2 is 2.08 bits per heavy atom. The fourth-order valence-corrected chi connectivity index (χ4v) is 3.53. The summed E-state index contributed by atoms with van der Waals surface area (Å²) in [5.41, 5.74) is 3.46. The average Bonchev–Trinajstić information content (AvgIpc) is 3.20. The van der Waals surface area contributed by atoms with Gasteiger partial charge in [-0.1, -0.05) is 0 Å². The third kappa shape index (κ3) is 2.35. The highest BCUT2D eigenvalue weighted by atomic mass is 16.2. The van der Waals surface area contributed by atoms with Crippen LogP contribution in [0, 0.1) is 6.92 Å². The van der Waals surface area contributed by atoms with Crippen molar-refractivity contribution in [3.63, 3.8) is 0 Å². The Balaban J connectivity index is 1.69. The lowest BCUT2D eigenvalue weighted by Gasteiger charge is -2.25. The number of fused-ring (bicyclic) bond motifs is 1. The summed E-state index contributed by atoms with van der Waals surface area (Å²) in [7, 11) is 1.86. The minimum Gasteiger partial charge on any atom is -0.332 e. The van der Waals surface area contributed by atoms with E-state index in [4.69, 9.17) is 0 Å². The van der Waals surface area contributed by atoms with Gasteiger partial charge >= 0.3 is 0 Å². The second-order valence-corrected chi connectivity index (χ2v) is 6.24. The molecule has 0 aromatic carbocycles. The first kappa shape index (κ1) is 14.8. The standard InChI is InChI=1S/C18H19N5O/c1-12-15-10-14(11-20-17(15)22(2)21-12)18(24)23-9-3-4-16(23)13-5-7-19-8-6-13/h5-8,10-11,16H,3-4,9H2,1-2H3. The molecule has 0 radical (unpaired) electrons. The third-order valence-electron chi connectivity index (χ3n) is 4.71. The Morgan fingerprint density at radius 1 is 1.29 bits per heavy atom. The van der Waals surface area contributed by atoms with Gasteiger partial charge in [0, 0.05) is 37.6 Å². The van der Waals surface area contributed by atoms with Crippen molar-refractivity contribution in [1.29, 1.82) is 0 Å². The molecule has 1 aliphatic heterocycles. The van der Waals surface area contributed by atoms with Crippen LogP contribution in [0.25, 0.3) is 11.0 Å². The smallest absolute Gasteiger partial charge is 0.255 e. The van der Waals surface area contributed by atoms with Crippen LogP contribution in [-0.4, -0.2) is 37.1 Å². The quantitative estimate of drug-likeness (QED) is 0.728. The van der Waals surface area contributed by atoms with E-state index in [1.54, 1.807) is 23.3 Å². The van der Waals surface area contributed by atoms with Gasteiger partial charge in [0.15, 0.2) is 5.65 Å². The monoisotopic (exact) mass is 321 g/mol. The lowest BCUT2D eigenvalue weighted by Crippen LogP contribution is -2.30. The van der Waals surface area contributed by atoms with Crippen LogP contribution in [0.4, 0.5) is 0 Å². The molecule has 4 heterocycles. The van der Waals surface area contributed by atoms with Crippen molar-refractivity contribution in [2.24, 2.45) is 7.05 Å². The molecule has 4 rings (SSSR count). The van der Waals surface area contributed by atoms with Crippen LogP contribution >= 0.6 is 0 Å². The van der Waals surface area contributed by atoms with E-state index in [1.807, 2.05) is 37.1 Å². The van der Waals surface area contributed by atoms with Crippen molar-refractivity contribution in [1.82, 2.24) is 24.6 Å². The number of hydrogen-bond donors (Lipinski definition) is 0. The molecule has 1 saturated heterocycles. The molecule has 1 aliphatic rings. The second-order valence-electron chi connectivity index (χ2n) is 6.24. The number of aromatic nitrogens is 4. The van der Waals surface area contributed by atoms with Gasteiger partial charge in [-0.15, -0.1) is 0 Å². The van der Waals surface area contributed by atoms with Crippen molar-refractivity contribution in [3.8, 4) is 0 Å². The van der Waals surface area contributed by atoms with E-state index in [9.17, 15) is 4.79 Å². The lowest BCUT2D eigenvalue weighted by molar-refractivity contribution is 0.0735. The Bertz CT molecular complexity index is 902. The van der Waals surface area contributed by atoms with E-state index >= 15 is 0 Å². The number of carbonyl (C=O) groups is 1. The topological polar surface area (TPSA) is 63.9 Å². The number of hydrogen-bond acceptors (Lipinski definition) is 4. The van der Waals surface area contributed by atoms with Crippen LogP contribution in [0.15, 0.2) is 36.8 Å². The van der Waals surface area contributed by atoms with E-state index in [0.29, 0.717) is 5.56 Å². The Morgan fingerprint density at radius 3 is 2.88 bits per heavy atom. The van der Waals surface area contributed by atoms with Gasteiger partial charge in [-0.05, 0) is 43.5 Å². The van der Waals surface area contributed by atoms with Gasteiger partial charge in [0.25, 0.3) is 5.91 Å². The van der Waals surface area contributed by atoms with Crippen molar-refractivity contribution in [2.45, 2.75) is 25.8 Å². The lowest BCUT2D eigenvalue weighted by atomic mass is 10.1. The summed E-state index contributed by atoms with van der Waals surface area (Å²) in [6.07, 6.45) is 7.22. The number of aryl methyl sites for hydroxylation is 2. The molecular weight excluding hydrogens is 302 g/mol. The SMILES string of the molecule is Cc1nn(C)c2ncc(C(=O)N3CCCC3c3ccncc3)cc12. The van der Waals surface area contributed by atoms with Gasteiger partial charge in [0.05, 0.1) is 17.3 Å². The third-order valence-corrected chi connectivity index (χ3v) is 4.71. The van der Waals surface area contributed by atoms with Gasteiger partial charge in [0.1, 0.15) is 0 Å². The normalized spacial score (nSPS) is 17.6. The van der Waals surface area contributed by atoms with E-state index in [2.05, 4.69) is 15.1 Å². The summed E-state index contributed by atoms with van der Waals surface area (Å²) in [6.45, 7) is 2.71. The molecular formula is C18H19N5O. The highest BCUT2D eigenvalue weighted by Crippen LogP contribution is 2.33. The average molecular weight is 321 g/mol. The summed E-state index contributed by atoms with van der Waals surface area (Å²) >= 11 is 0. The minimum atomic E-state index is 0.0342. The van der Waals surface area contributed by atoms with Crippen LogP contribution in [0.5, 0.6) is 0 Å². The molecule has 0 aliphatic carbocycles. The van der Waals surface area contributed by atoms with Gasteiger partial charge in [-0.2, -0.15) is 5.10 Å². The second kappa shape index (κ2) is 5.70. The zero-order chi connectivity index (χ0) is 16.7. The largest absolute Gasteiger partial charge is 0.332 e. The molecule has 3 aromatic rings. The number of rotatable bonds is 2. The molecule has 1 fully saturated rings. The summed E-state index contributed by atoms with van der Waals surface area (Å²) in [6, 6.07) is 6.01. The highest BCUT2D eigenvalue weighted by Gasteiger charge is 2.31. The first-order valence-electron chi connectivity index (χ1n) is 8.15. The first-order valence-corrected chi connectivity index (χ1v) is 8.15. The predicted molar refractivity (Wildman–Crippen MR) is 90.5 cm³/mol. The number of carbonyl (C=O) groups excluding carboxylic acids is 1. The zero-order valence-corrected chi connectivity index (χ0v) is 13.8. The zero-order valence-electron chi connectivity index (χ0n) is 13.8. The Labute approximate surface area is 140 Å². The van der Waals surface area contributed by atoms with Crippen LogP contribution < -0.4 is 0 Å². The number of amides is 1. The molecule has 0 saturated carbocycles. The summed E-state index contributed by atoms with van der Waals surface area (Å²) in [5.74, 6) is 0.0342. The molecule has 1 amide bonds. The molecule has 0 spiro atoms. The summed E-state index contributed by atoms with van der Waals surface area (Å²) in [5, 5.41) is 5.31. The molecule has 0 N–H and O–H groups in total. The molecule has 6 heteroatoms. The summed E-state index contributed by atoms with van der Waals surface area (Å²) in [4.78, 5) is 23.5. The van der Waals surface area contributed by atoms with Crippen molar-refractivity contribution in [2.75, 3.05) is 6.54 Å². The van der Waals surface area contributed by atoms with Gasteiger partial charge in [-0.25, -0.2) is 4.98 Å². The van der Waals surface area contributed by atoms with E-state index in [-0.39, 0.29) is 11.9 Å².